The average Bonchev–Trinajstić information content (AvgIpc) is 2.11. The van der Waals surface area contributed by atoms with E-state index >= 15 is 0 Å². The summed E-state index contributed by atoms with van der Waals surface area (Å²) in [5.41, 5.74) is 3.05. The Kier molecular flexibility index (Phi) is 2.74. The summed E-state index contributed by atoms with van der Waals surface area (Å²) in [5, 5.41) is 0. The van der Waals surface area contributed by atoms with Crippen LogP contribution >= 0.6 is 7.92 Å². The van der Waals surface area contributed by atoms with E-state index < -0.39 is 0 Å². The summed E-state index contributed by atoms with van der Waals surface area (Å²) >= 11 is 0. The van der Waals surface area contributed by atoms with Gasteiger partial charge in [0.2, 0.25) is 0 Å². The van der Waals surface area contributed by atoms with Crippen LogP contribution in [0.1, 0.15) is 40.5 Å². The molecule has 2 unspecified atom stereocenters. The molecule has 0 aliphatic carbocycles. The van der Waals surface area contributed by atoms with E-state index in [9.17, 15) is 0 Å². The van der Waals surface area contributed by atoms with Crippen LogP contribution in [0.3, 0.4) is 0 Å². The minimum atomic E-state index is 0.373. The molecule has 0 N–H and O–H groups in total. The Morgan fingerprint density at radius 3 is 1.70 bits per heavy atom. The van der Waals surface area contributed by atoms with Crippen LogP contribution in [0.5, 0.6) is 0 Å². The Hall–Kier alpha value is 0.430. The van der Waals surface area contributed by atoms with Gasteiger partial charge in [0.05, 0.1) is 0 Å². The molecule has 0 aromatic rings. The highest BCUT2D eigenvalue weighted by atomic mass is 31.1. The molecule has 2 atom stereocenters. The SMILES string of the molecule is CC(C)P1C(C)CCC1C. The lowest BCUT2D eigenvalue weighted by Crippen LogP contribution is -2.05. The maximum atomic E-state index is 2.44. The first kappa shape index (κ1) is 8.53. The monoisotopic (exact) mass is 158 g/mol. The molecule has 1 saturated heterocycles. The summed E-state index contributed by atoms with van der Waals surface area (Å²) in [4.78, 5) is 0. The Labute approximate surface area is 66.2 Å². The van der Waals surface area contributed by atoms with Crippen molar-refractivity contribution in [1.29, 1.82) is 0 Å². The molecule has 1 rings (SSSR count). The normalized spacial score (nSPS) is 41.1. The zero-order chi connectivity index (χ0) is 7.72. The van der Waals surface area contributed by atoms with Crippen molar-refractivity contribution in [2.24, 2.45) is 0 Å². The predicted molar refractivity (Wildman–Crippen MR) is 50.2 cm³/mol. The highest BCUT2D eigenvalue weighted by Gasteiger charge is 2.31. The van der Waals surface area contributed by atoms with E-state index in [4.69, 9.17) is 0 Å². The van der Waals surface area contributed by atoms with Gasteiger partial charge in [-0.2, -0.15) is 0 Å². The Morgan fingerprint density at radius 1 is 1.10 bits per heavy atom. The van der Waals surface area contributed by atoms with E-state index in [-0.39, 0.29) is 0 Å². The summed E-state index contributed by atoms with van der Waals surface area (Å²) < 4.78 is 0. The lowest BCUT2D eigenvalue weighted by atomic mass is 10.2. The lowest BCUT2D eigenvalue weighted by Gasteiger charge is -2.24. The fourth-order valence-corrected chi connectivity index (χ4v) is 6.03. The van der Waals surface area contributed by atoms with Crippen LogP contribution in [0.2, 0.25) is 0 Å². The zero-order valence-corrected chi connectivity index (χ0v) is 8.49. The van der Waals surface area contributed by atoms with Crippen LogP contribution in [0.25, 0.3) is 0 Å². The van der Waals surface area contributed by atoms with E-state index in [1.165, 1.54) is 12.8 Å². The molecule has 1 aliphatic heterocycles. The van der Waals surface area contributed by atoms with Crippen LogP contribution in [0, 0.1) is 0 Å². The molecule has 0 aromatic carbocycles. The molecular weight excluding hydrogens is 139 g/mol. The van der Waals surface area contributed by atoms with Crippen LogP contribution in [-0.2, 0) is 0 Å². The summed E-state index contributed by atoms with van der Waals surface area (Å²) in [6.07, 6.45) is 2.98. The smallest absolute Gasteiger partial charge is 0.0233 e. The second-order valence-electron chi connectivity index (χ2n) is 3.82. The highest BCUT2D eigenvalue weighted by molar-refractivity contribution is 7.60. The summed E-state index contributed by atoms with van der Waals surface area (Å²) in [6, 6.07) is 0. The van der Waals surface area contributed by atoms with Crippen molar-refractivity contribution in [1.82, 2.24) is 0 Å². The molecular formula is C9H19P. The second-order valence-corrected chi connectivity index (χ2v) is 7.51. The van der Waals surface area contributed by atoms with Crippen molar-refractivity contribution in [3.63, 3.8) is 0 Å². The Balaban J connectivity index is 2.54. The number of hydrogen-bond donors (Lipinski definition) is 0. The van der Waals surface area contributed by atoms with E-state index in [1.54, 1.807) is 0 Å². The number of hydrogen-bond acceptors (Lipinski definition) is 0. The molecule has 0 nitrogen and oxygen atoms in total. The molecule has 0 spiro atoms. The fourth-order valence-electron chi connectivity index (χ4n) is 2.23. The molecule has 1 heteroatoms. The minimum absolute atomic E-state index is 0.373. The minimum Gasteiger partial charge on any atom is -0.0983 e. The predicted octanol–water partition coefficient (Wildman–Crippen LogP) is 3.45. The van der Waals surface area contributed by atoms with Gasteiger partial charge in [-0.15, -0.1) is 0 Å². The third-order valence-electron chi connectivity index (χ3n) is 2.62. The quantitative estimate of drug-likeness (QED) is 0.513. The van der Waals surface area contributed by atoms with Crippen molar-refractivity contribution in [2.75, 3.05) is 0 Å². The van der Waals surface area contributed by atoms with Crippen molar-refractivity contribution in [3.8, 4) is 0 Å². The molecule has 1 aliphatic rings. The van der Waals surface area contributed by atoms with Gasteiger partial charge < -0.3 is 0 Å². The van der Waals surface area contributed by atoms with Crippen molar-refractivity contribution < 1.29 is 0 Å². The third kappa shape index (κ3) is 1.53. The van der Waals surface area contributed by atoms with E-state index in [1.807, 2.05) is 0 Å². The molecule has 10 heavy (non-hydrogen) atoms. The van der Waals surface area contributed by atoms with Crippen molar-refractivity contribution >= 4 is 7.92 Å². The second kappa shape index (κ2) is 3.22. The van der Waals surface area contributed by atoms with E-state index in [0.717, 1.165) is 17.0 Å². The van der Waals surface area contributed by atoms with Crippen LogP contribution in [0.15, 0.2) is 0 Å². The molecule has 0 aromatic heterocycles. The van der Waals surface area contributed by atoms with Crippen LogP contribution < -0.4 is 0 Å². The van der Waals surface area contributed by atoms with E-state index in [2.05, 4.69) is 27.7 Å². The summed E-state index contributed by atoms with van der Waals surface area (Å²) in [7, 11) is 0.373. The van der Waals surface area contributed by atoms with Gasteiger partial charge in [0, 0.05) is 0 Å². The molecule has 60 valence electrons. The van der Waals surface area contributed by atoms with E-state index in [0.29, 0.717) is 7.92 Å². The maximum Gasteiger partial charge on any atom is -0.0233 e. The van der Waals surface area contributed by atoms with Gasteiger partial charge in [-0.1, -0.05) is 35.6 Å². The molecule has 1 fully saturated rings. The van der Waals surface area contributed by atoms with Gasteiger partial charge in [-0.25, -0.2) is 0 Å². The van der Waals surface area contributed by atoms with Gasteiger partial charge in [-0.3, -0.25) is 0 Å². The van der Waals surface area contributed by atoms with Gasteiger partial charge in [0.15, 0.2) is 0 Å². The molecule has 0 radical (unpaired) electrons. The number of rotatable bonds is 1. The lowest BCUT2D eigenvalue weighted by molar-refractivity contribution is 0.777. The zero-order valence-electron chi connectivity index (χ0n) is 7.59. The van der Waals surface area contributed by atoms with Crippen LogP contribution in [-0.4, -0.2) is 17.0 Å². The first-order valence-corrected chi connectivity index (χ1v) is 5.95. The first-order valence-electron chi connectivity index (χ1n) is 4.40. The third-order valence-corrected chi connectivity index (χ3v) is 6.36. The topological polar surface area (TPSA) is 0 Å². The van der Waals surface area contributed by atoms with Gasteiger partial charge in [0.1, 0.15) is 0 Å². The maximum absolute atomic E-state index is 2.44. The van der Waals surface area contributed by atoms with Crippen molar-refractivity contribution in [2.45, 2.75) is 57.5 Å². The summed E-state index contributed by atoms with van der Waals surface area (Å²) in [6.45, 7) is 9.67. The molecule has 1 heterocycles. The van der Waals surface area contributed by atoms with Gasteiger partial charge in [0.25, 0.3) is 0 Å². The molecule has 0 saturated carbocycles. The fraction of sp³-hybridized carbons (Fsp3) is 1.00. The highest BCUT2D eigenvalue weighted by Crippen LogP contribution is 2.58. The Morgan fingerprint density at radius 2 is 1.50 bits per heavy atom. The molecule has 0 bridgehead atoms. The first-order chi connectivity index (χ1) is 4.63. The average molecular weight is 158 g/mol. The standard InChI is InChI=1S/C9H19P/c1-7(2)10-8(3)5-6-9(10)4/h7-9H,5-6H2,1-4H3. The van der Waals surface area contributed by atoms with Gasteiger partial charge >= 0.3 is 0 Å². The largest absolute Gasteiger partial charge is 0.0983 e. The Bertz CT molecular complexity index is 99.3. The summed E-state index contributed by atoms with van der Waals surface area (Å²) in [5.74, 6) is 0. The molecule has 0 amide bonds. The van der Waals surface area contributed by atoms with Crippen molar-refractivity contribution in [3.05, 3.63) is 0 Å². The van der Waals surface area contributed by atoms with Crippen LogP contribution in [0.4, 0.5) is 0 Å². The van der Waals surface area contributed by atoms with Gasteiger partial charge in [-0.05, 0) is 29.8 Å².